The highest BCUT2D eigenvalue weighted by Gasteiger charge is 2.22. The molecule has 0 spiro atoms. The smallest absolute Gasteiger partial charge is 0.268 e. The molecule has 0 radical (unpaired) electrons. The number of carbonyl (C=O) groups excluding carboxylic acids is 1. The molecule has 5 rings (SSSR count). The number of fused-ring (bicyclic) bond motifs is 1. The second-order valence-electron chi connectivity index (χ2n) is 8.25. The normalized spacial score (nSPS) is 14.6. The number of thiophene rings is 1. The van der Waals surface area contributed by atoms with Crippen LogP contribution in [0, 0.1) is 6.92 Å². The van der Waals surface area contributed by atoms with Crippen LogP contribution in [0.4, 0.5) is 0 Å². The number of hydrogen-bond donors (Lipinski definition) is 1. The van der Waals surface area contributed by atoms with Crippen molar-refractivity contribution in [1.29, 1.82) is 0 Å². The molecule has 0 aliphatic heterocycles. The number of nitrogens with zero attached hydrogens (tertiary/aromatic N) is 4. The lowest BCUT2D eigenvalue weighted by molar-refractivity contribution is -0.122. The quantitative estimate of drug-likeness (QED) is 0.445. The zero-order chi connectivity index (χ0) is 22.9. The van der Waals surface area contributed by atoms with E-state index < -0.39 is 0 Å². The van der Waals surface area contributed by atoms with Crippen molar-refractivity contribution in [2.24, 2.45) is 0 Å². The van der Waals surface area contributed by atoms with Gasteiger partial charge in [-0.1, -0.05) is 48.2 Å². The first-order valence-corrected chi connectivity index (χ1v) is 12.1. The zero-order valence-corrected chi connectivity index (χ0v) is 19.6. The fourth-order valence-electron chi connectivity index (χ4n) is 4.21. The van der Waals surface area contributed by atoms with E-state index in [9.17, 15) is 9.59 Å². The van der Waals surface area contributed by atoms with Gasteiger partial charge in [0.05, 0.1) is 16.6 Å². The van der Waals surface area contributed by atoms with E-state index in [1.807, 2.05) is 19.1 Å². The third kappa shape index (κ3) is 4.43. The maximum Gasteiger partial charge on any atom is 0.268 e. The van der Waals surface area contributed by atoms with E-state index in [1.54, 1.807) is 12.1 Å². The van der Waals surface area contributed by atoms with Crippen molar-refractivity contribution < 1.29 is 9.32 Å². The largest absolute Gasteiger partial charge is 0.352 e. The van der Waals surface area contributed by atoms with Gasteiger partial charge in [-0.2, -0.15) is 4.98 Å². The Hall–Kier alpha value is -3.04. The van der Waals surface area contributed by atoms with Gasteiger partial charge >= 0.3 is 0 Å². The first-order chi connectivity index (χ1) is 16.0. The fraction of sp³-hybridized carbons (Fsp3) is 0.348. The number of amides is 1. The van der Waals surface area contributed by atoms with E-state index >= 15 is 0 Å². The minimum atomic E-state index is -0.256. The fourth-order valence-corrected chi connectivity index (χ4v) is 5.46. The predicted molar refractivity (Wildman–Crippen MR) is 127 cm³/mol. The van der Waals surface area contributed by atoms with Crippen molar-refractivity contribution >= 4 is 39.1 Å². The molecule has 1 aliphatic carbocycles. The first kappa shape index (κ1) is 21.8. The van der Waals surface area contributed by atoms with Crippen LogP contribution in [0.25, 0.3) is 32.4 Å². The molecule has 4 aromatic rings. The summed E-state index contributed by atoms with van der Waals surface area (Å²) >= 11 is 7.37. The standard InChI is InChI=1S/C23H22ClN5O3S/c1-13-18-22(25-12-29(23(18)31)11-17(30)26-16-8-3-2-4-9-16)33-19(13)21-27-20(28-32-21)14-6-5-7-15(24)10-14/h5-7,10,12,16H,2-4,8-9,11H2,1H3,(H,26,30). The third-order valence-electron chi connectivity index (χ3n) is 5.90. The molecule has 0 atom stereocenters. The van der Waals surface area contributed by atoms with Crippen molar-refractivity contribution in [2.45, 2.75) is 51.6 Å². The Kier molecular flexibility index (Phi) is 5.99. The summed E-state index contributed by atoms with van der Waals surface area (Å²) in [6, 6.07) is 7.38. The van der Waals surface area contributed by atoms with Crippen molar-refractivity contribution in [3.63, 3.8) is 0 Å². The van der Waals surface area contributed by atoms with Crippen LogP contribution in [0.5, 0.6) is 0 Å². The van der Waals surface area contributed by atoms with Gasteiger partial charge in [-0.3, -0.25) is 14.2 Å². The van der Waals surface area contributed by atoms with E-state index in [0.29, 0.717) is 37.4 Å². The van der Waals surface area contributed by atoms with Crippen LogP contribution in [-0.2, 0) is 11.3 Å². The molecule has 1 N–H and O–H groups in total. The highest BCUT2D eigenvalue weighted by atomic mass is 35.5. The van der Waals surface area contributed by atoms with Gasteiger partial charge in [-0.15, -0.1) is 11.3 Å². The van der Waals surface area contributed by atoms with Crippen LogP contribution in [0.2, 0.25) is 5.02 Å². The average molecular weight is 484 g/mol. The van der Waals surface area contributed by atoms with E-state index in [-0.39, 0.29) is 24.1 Å². The molecule has 0 bridgehead atoms. The van der Waals surface area contributed by atoms with Gasteiger partial charge in [0.2, 0.25) is 11.7 Å². The number of hydrogen-bond acceptors (Lipinski definition) is 7. The second-order valence-corrected chi connectivity index (χ2v) is 9.69. The van der Waals surface area contributed by atoms with Gasteiger partial charge in [-0.25, -0.2) is 4.98 Å². The van der Waals surface area contributed by atoms with Crippen molar-refractivity contribution in [3.05, 3.63) is 51.5 Å². The Balaban J connectivity index is 1.42. The predicted octanol–water partition coefficient (Wildman–Crippen LogP) is 4.59. The molecule has 1 aliphatic rings. The van der Waals surface area contributed by atoms with Gasteiger partial charge in [0, 0.05) is 16.6 Å². The number of halogens is 1. The minimum absolute atomic E-state index is 0.0532. The molecular weight excluding hydrogens is 462 g/mol. The third-order valence-corrected chi connectivity index (χ3v) is 7.33. The molecule has 10 heteroatoms. The molecule has 0 saturated heterocycles. The van der Waals surface area contributed by atoms with Gasteiger partial charge in [0.1, 0.15) is 11.4 Å². The summed E-state index contributed by atoms with van der Waals surface area (Å²) in [5, 5.41) is 8.14. The van der Waals surface area contributed by atoms with Crippen LogP contribution in [-0.4, -0.2) is 31.6 Å². The lowest BCUT2D eigenvalue weighted by Crippen LogP contribution is -2.39. The zero-order valence-electron chi connectivity index (χ0n) is 18.0. The summed E-state index contributed by atoms with van der Waals surface area (Å²) in [5.74, 6) is 0.557. The lowest BCUT2D eigenvalue weighted by Gasteiger charge is -2.22. The molecule has 170 valence electrons. The summed E-state index contributed by atoms with van der Waals surface area (Å²) in [5.41, 5.74) is 1.19. The van der Waals surface area contributed by atoms with Crippen molar-refractivity contribution in [3.8, 4) is 22.2 Å². The van der Waals surface area contributed by atoms with Crippen LogP contribution in [0.15, 0.2) is 39.9 Å². The first-order valence-electron chi connectivity index (χ1n) is 10.9. The molecule has 3 aromatic heterocycles. The summed E-state index contributed by atoms with van der Waals surface area (Å²) in [6.07, 6.45) is 6.88. The molecule has 33 heavy (non-hydrogen) atoms. The molecule has 3 heterocycles. The number of benzene rings is 1. The van der Waals surface area contributed by atoms with E-state index in [1.165, 1.54) is 28.7 Å². The Morgan fingerprint density at radius 3 is 2.91 bits per heavy atom. The molecule has 1 aromatic carbocycles. The summed E-state index contributed by atoms with van der Waals surface area (Å²) < 4.78 is 6.84. The van der Waals surface area contributed by atoms with Gasteiger partial charge in [0.15, 0.2) is 0 Å². The lowest BCUT2D eigenvalue weighted by atomic mass is 9.95. The molecule has 1 amide bonds. The molecule has 1 saturated carbocycles. The van der Waals surface area contributed by atoms with Crippen LogP contribution in [0.1, 0.15) is 37.7 Å². The molecule has 0 unspecified atom stereocenters. The summed E-state index contributed by atoms with van der Waals surface area (Å²) in [7, 11) is 0. The van der Waals surface area contributed by atoms with Gasteiger partial charge < -0.3 is 9.84 Å². The number of rotatable bonds is 5. The van der Waals surface area contributed by atoms with Crippen LogP contribution in [0.3, 0.4) is 0 Å². The topological polar surface area (TPSA) is 103 Å². The maximum absolute atomic E-state index is 13.2. The summed E-state index contributed by atoms with van der Waals surface area (Å²) in [4.78, 5) is 35.8. The van der Waals surface area contributed by atoms with E-state index in [2.05, 4.69) is 20.4 Å². The monoisotopic (exact) mass is 483 g/mol. The number of aryl methyl sites for hydroxylation is 1. The highest BCUT2D eigenvalue weighted by Crippen LogP contribution is 2.35. The average Bonchev–Trinajstić information content (AvgIpc) is 3.42. The van der Waals surface area contributed by atoms with Crippen molar-refractivity contribution in [1.82, 2.24) is 25.0 Å². The molecular formula is C23H22ClN5O3S. The van der Waals surface area contributed by atoms with Crippen molar-refractivity contribution in [2.75, 3.05) is 0 Å². The van der Waals surface area contributed by atoms with Crippen LogP contribution >= 0.6 is 22.9 Å². The van der Waals surface area contributed by atoms with Crippen LogP contribution < -0.4 is 10.9 Å². The Morgan fingerprint density at radius 1 is 1.30 bits per heavy atom. The number of nitrogens with one attached hydrogen (secondary N) is 1. The number of carbonyl (C=O) groups is 1. The Morgan fingerprint density at radius 2 is 2.12 bits per heavy atom. The maximum atomic E-state index is 13.2. The molecule has 1 fully saturated rings. The molecule has 8 nitrogen and oxygen atoms in total. The minimum Gasteiger partial charge on any atom is -0.352 e. The Bertz CT molecular complexity index is 1390. The van der Waals surface area contributed by atoms with E-state index in [0.717, 1.165) is 31.2 Å². The van der Waals surface area contributed by atoms with E-state index in [4.69, 9.17) is 16.1 Å². The van der Waals surface area contributed by atoms with Gasteiger partial charge in [-0.05, 0) is 37.5 Å². The second kappa shape index (κ2) is 9.07. The highest BCUT2D eigenvalue weighted by molar-refractivity contribution is 7.22. The van der Waals surface area contributed by atoms with Gasteiger partial charge in [0.25, 0.3) is 11.4 Å². The number of aromatic nitrogens is 4. The Labute approximate surface area is 198 Å². The summed E-state index contributed by atoms with van der Waals surface area (Å²) in [6.45, 7) is 1.77. The SMILES string of the molecule is Cc1c(-c2nc(-c3cccc(Cl)c3)no2)sc2ncn(CC(=O)NC3CCCCC3)c(=O)c12.